The Balaban J connectivity index is 1.71. The normalized spacial score (nSPS) is 19.3. The predicted octanol–water partition coefficient (Wildman–Crippen LogP) is -1.53. The number of aromatic amines is 2. The Labute approximate surface area is 153 Å². The van der Waals surface area contributed by atoms with Crippen molar-refractivity contribution in [2.45, 2.75) is 18.9 Å². The standard InChI is InChI=1S/C17H20N8O2/c26-16-12(21-17(27)23-16)7-10-9-19-25-14(20-11-1-2-11)8-13(22-15(10)25)24-5-3-18-4-6-24/h7-9,11,18,26H,1-6H2,(H2,21,23,27). The van der Waals surface area contributed by atoms with Crippen LogP contribution >= 0.6 is 0 Å². The van der Waals surface area contributed by atoms with E-state index in [1.165, 1.54) is 0 Å². The van der Waals surface area contributed by atoms with Crippen LogP contribution in [-0.2, 0) is 0 Å². The van der Waals surface area contributed by atoms with Crippen LogP contribution in [0.3, 0.4) is 0 Å². The number of anilines is 1. The maximum atomic E-state index is 11.4. The average Bonchev–Trinajstić information content (AvgIpc) is 3.31. The summed E-state index contributed by atoms with van der Waals surface area (Å²) in [7, 11) is 0. The Morgan fingerprint density at radius 1 is 1.26 bits per heavy atom. The Bertz CT molecular complexity index is 1160. The molecule has 0 amide bonds. The monoisotopic (exact) mass is 368 g/mol. The summed E-state index contributed by atoms with van der Waals surface area (Å²) in [5, 5.41) is 18.3. The number of imidazole rings is 1. The molecule has 27 heavy (non-hydrogen) atoms. The first-order chi connectivity index (χ1) is 13.2. The lowest BCUT2D eigenvalue weighted by Crippen LogP contribution is -2.44. The quantitative estimate of drug-likeness (QED) is 0.444. The van der Waals surface area contributed by atoms with Gasteiger partial charge in [-0.2, -0.15) is 9.61 Å². The lowest BCUT2D eigenvalue weighted by Gasteiger charge is -2.28. The molecule has 1 aliphatic carbocycles. The molecule has 0 spiro atoms. The topological polar surface area (TPSA) is 127 Å². The van der Waals surface area contributed by atoms with E-state index < -0.39 is 5.69 Å². The van der Waals surface area contributed by atoms with E-state index in [0.29, 0.717) is 22.6 Å². The summed E-state index contributed by atoms with van der Waals surface area (Å²) in [6, 6.07) is 2.34. The van der Waals surface area contributed by atoms with Gasteiger partial charge in [0, 0.05) is 37.5 Å². The molecular formula is C17H20N8O2. The van der Waals surface area contributed by atoms with Crippen LogP contribution in [0.15, 0.2) is 22.1 Å². The number of nitrogens with zero attached hydrogens (tertiary/aromatic N) is 5. The van der Waals surface area contributed by atoms with Gasteiger partial charge in [-0.05, 0) is 18.9 Å². The zero-order valence-corrected chi connectivity index (χ0v) is 14.6. The van der Waals surface area contributed by atoms with Gasteiger partial charge in [0.25, 0.3) is 0 Å². The summed E-state index contributed by atoms with van der Waals surface area (Å²) >= 11 is 0. The average molecular weight is 368 g/mol. The summed E-state index contributed by atoms with van der Waals surface area (Å²) in [5.41, 5.74) is 1.26. The van der Waals surface area contributed by atoms with Crippen molar-refractivity contribution in [3.63, 3.8) is 0 Å². The van der Waals surface area contributed by atoms with Gasteiger partial charge in [0.05, 0.1) is 12.2 Å². The summed E-state index contributed by atoms with van der Waals surface area (Å²) in [6.45, 7) is 3.59. The number of nitrogens with one attached hydrogen (secondary N) is 3. The lowest BCUT2D eigenvalue weighted by atomic mass is 10.3. The highest BCUT2D eigenvalue weighted by Crippen LogP contribution is 2.22. The van der Waals surface area contributed by atoms with Crippen molar-refractivity contribution >= 4 is 17.5 Å². The number of aromatic nitrogens is 5. The molecule has 10 heteroatoms. The molecule has 0 atom stereocenters. The third-order valence-electron chi connectivity index (χ3n) is 4.80. The van der Waals surface area contributed by atoms with Crippen molar-refractivity contribution in [1.29, 1.82) is 0 Å². The molecule has 10 nitrogen and oxygen atoms in total. The first-order valence-electron chi connectivity index (χ1n) is 9.09. The molecule has 5 rings (SSSR count). The van der Waals surface area contributed by atoms with Gasteiger partial charge < -0.3 is 20.3 Å². The highest BCUT2D eigenvalue weighted by Gasteiger charge is 2.21. The summed E-state index contributed by atoms with van der Waals surface area (Å²) in [5.74, 6) is 0.658. The maximum Gasteiger partial charge on any atom is 0.326 e. The predicted molar refractivity (Wildman–Crippen MR) is 98.5 cm³/mol. The fourth-order valence-corrected chi connectivity index (χ4v) is 3.24. The van der Waals surface area contributed by atoms with Gasteiger partial charge in [-0.15, -0.1) is 0 Å². The molecule has 2 aliphatic rings. The second-order valence-electron chi connectivity index (χ2n) is 6.89. The Kier molecular flexibility index (Phi) is 3.71. The summed E-state index contributed by atoms with van der Waals surface area (Å²) < 4.78 is 1.72. The number of H-pyrrole nitrogens is 2. The van der Waals surface area contributed by atoms with E-state index in [1.807, 2.05) is 6.07 Å². The van der Waals surface area contributed by atoms with Crippen molar-refractivity contribution in [3.8, 4) is 5.88 Å². The van der Waals surface area contributed by atoms with Gasteiger partial charge in [0.2, 0.25) is 5.88 Å². The van der Waals surface area contributed by atoms with Crippen LogP contribution in [0, 0.1) is 0 Å². The Hall–Kier alpha value is -3.14. The van der Waals surface area contributed by atoms with Gasteiger partial charge in [-0.1, -0.05) is 0 Å². The fourth-order valence-electron chi connectivity index (χ4n) is 3.24. The van der Waals surface area contributed by atoms with E-state index in [1.54, 1.807) is 16.8 Å². The lowest BCUT2D eigenvalue weighted by molar-refractivity contribution is 0.454. The first kappa shape index (κ1) is 16.1. The number of fused-ring (bicyclic) bond motifs is 1. The van der Waals surface area contributed by atoms with E-state index in [2.05, 4.69) is 25.3 Å². The van der Waals surface area contributed by atoms with Crippen molar-refractivity contribution in [2.24, 2.45) is 4.99 Å². The second kappa shape index (κ2) is 6.23. The number of piperazine rings is 1. The van der Waals surface area contributed by atoms with Crippen LogP contribution in [0.2, 0.25) is 0 Å². The van der Waals surface area contributed by atoms with Gasteiger partial charge in [0.15, 0.2) is 11.1 Å². The minimum Gasteiger partial charge on any atom is -0.493 e. The molecule has 1 saturated heterocycles. The molecule has 3 aromatic heterocycles. The molecule has 140 valence electrons. The number of hydrogen-bond acceptors (Lipinski definition) is 7. The largest absolute Gasteiger partial charge is 0.493 e. The van der Waals surface area contributed by atoms with Crippen LogP contribution in [0.5, 0.6) is 5.88 Å². The highest BCUT2D eigenvalue weighted by atomic mass is 16.3. The van der Waals surface area contributed by atoms with E-state index in [4.69, 9.17) is 9.98 Å². The molecule has 1 saturated carbocycles. The maximum absolute atomic E-state index is 11.4. The van der Waals surface area contributed by atoms with Crippen molar-refractivity contribution in [3.05, 3.63) is 39.1 Å². The minimum atomic E-state index is -0.464. The molecule has 0 bridgehead atoms. The van der Waals surface area contributed by atoms with Gasteiger partial charge in [-0.3, -0.25) is 9.98 Å². The number of hydrogen-bond donors (Lipinski definition) is 4. The first-order valence-corrected chi connectivity index (χ1v) is 9.09. The molecular weight excluding hydrogens is 348 g/mol. The molecule has 0 aromatic carbocycles. The van der Waals surface area contributed by atoms with Gasteiger partial charge in [0.1, 0.15) is 11.5 Å². The fraction of sp³-hybridized carbons (Fsp3) is 0.412. The van der Waals surface area contributed by atoms with Crippen LogP contribution in [-0.4, -0.2) is 61.9 Å². The zero-order chi connectivity index (χ0) is 18.4. The molecule has 3 aromatic rings. The number of rotatable bonds is 3. The number of aromatic hydroxyl groups is 1. The van der Waals surface area contributed by atoms with Crippen LogP contribution in [0.25, 0.3) is 11.7 Å². The van der Waals surface area contributed by atoms with E-state index in [-0.39, 0.29) is 5.88 Å². The van der Waals surface area contributed by atoms with Gasteiger partial charge in [-0.25, -0.2) is 9.78 Å². The molecule has 0 unspecified atom stereocenters. The third-order valence-corrected chi connectivity index (χ3v) is 4.80. The Morgan fingerprint density at radius 2 is 2.07 bits per heavy atom. The van der Waals surface area contributed by atoms with E-state index >= 15 is 0 Å². The van der Waals surface area contributed by atoms with Crippen LogP contribution in [0.4, 0.5) is 5.82 Å². The molecule has 1 aliphatic heterocycles. The van der Waals surface area contributed by atoms with E-state index in [9.17, 15) is 9.90 Å². The summed E-state index contributed by atoms with van der Waals surface area (Å²) in [6.07, 6.45) is 5.53. The highest BCUT2D eigenvalue weighted by molar-refractivity contribution is 5.58. The molecule has 2 fully saturated rings. The minimum absolute atomic E-state index is 0.208. The molecule has 4 N–H and O–H groups in total. The molecule has 0 radical (unpaired) electrons. The van der Waals surface area contributed by atoms with Gasteiger partial charge >= 0.3 is 5.69 Å². The SMILES string of the molecule is O=c1[nH]c(O)c(C=c2cnn3c(=NC4CC4)cc(N4CCNCC4)nc23)[nH]1. The van der Waals surface area contributed by atoms with E-state index in [0.717, 1.165) is 50.3 Å². The third kappa shape index (κ3) is 3.08. The van der Waals surface area contributed by atoms with Crippen LogP contribution in [0.1, 0.15) is 18.5 Å². The zero-order valence-electron chi connectivity index (χ0n) is 14.6. The van der Waals surface area contributed by atoms with Crippen molar-refractivity contribution in [1.82, 2.24) is 29.9 Å². The van der Waals surface area contributed by atoms with Crippen LogP contribution < -0.4 is 26.6 Å². The smallest absolute Gasteiger partial charge is 0.326 e. The Morgan fingerprint density at radius 3 is 2.78 bits per heavy atom. The second-order valence-corrected chi connectivity index (χ2v) is 6.89. The summed E-state index contributed by atoms with van der Waals surface area (Å²) in [4.78, 5) is 28.1. The molecule has 4 heterocycles. The van der Waals surface area contributed by atoms with Crippen molar-refractivity contribution in [2.75, 3.05) is 31.1 Å². The van der Waals surface area contributed by atoms with Crippen molar-refractivity contribution < 1.29 is 5.11 Å².